The van der Waals surface area contributed by atoms with Gasteiger partial charge < -0.3 is 5.32 Å². The zero-order valence-electron chi connectivity index (χ0n) is 11.1. The number of aromatic nitrogens is 2. The van der Waals surface area contributed by atoms with Gasteiger partial charge in [-0.25, -0.2) is 0 Å². The van der Waals surface area contributed by atoms with Crippen LogP contribution >= 0.6 is 11.5 Å². The van der Waals surface area contributed by atoms with E-state index in [0.717, 1.165) is 33.0 Å². The van der Waals surface area contributed by atoms with E-state index in [1.54, 1.807) is 0 Å². The van der Waals surface area contributed by atoms with Crippen LogP contribution in [0.5, 0.6) is 0 Å². The van der Waals surface area contributed by atoms with Crippen LogP contribution in [0.2, 0.25) is 0 Å². The van der Waals surface area contributed by atoms with Crippen molar-refractivity contribution in [3.63, 3.8) is 0 Å². The highest BCUT2D eigenvalue weighted by atomic mass is 32.1. The van der Waals surface area contributed by atoms with Gasteiger partial charge in [-0.2, -0.15) is 9.64 Å². The van der Waals surface area contributed by atoms with E-state index in [1.807, 2.05) is 44.2 Å². The van der Waals surface area contributed by atoms with Crippen molar-refractivity contribution in [1.29, 1.82) is 5.26 Å². The molecule has 0 atom stereocenters. The third-order valence-electron chi connectivity index (χ3n) is 3.08. The van der Waals surface area contributed by atoms with Gasteiger partial charge in [-0.15, -0.1) is 0 Å². The van der Waals surface area contributed by atoms with Crippen molar-refractivity contribution in [2.75, 3.05) is 5.32 Å². The van der Waals surface area contributed by atoms with E-state index >= 15 is 0 Å². The molecule has 0 amide bonds. The summed E-state index contributed by atoms with van der Waals surface area (Å²) in [6.07, 6.45) is 0. The van der Waals surface area contributed by atoms with Crippen LogP contribution in [0.25, 0.3) is 10.9 Å². The molecule has 3 aromatic rings. The Kier molecular flexibility index (Phi) is 3.09. The minimum Gasteiger partial charge on any atom is -0.343 e. The van der Waals surface area contributed by atoms with Crippen LogP contribution in [-0.2, 0) is 0 Å². The normalized spacial score (nSPS) is 10.4. The lowest BCUT2D eigenvalue weighted by molar-refractivity contribution is 1.25. The minimum absolute atomic E-state index is 0.597. The number of rotatable bonds is 2. The number of fused-ring (bicyclic) bond motifs is 1. The average Bonchev–Trinajstić information content (AvgIpc) is 2.80. The molecule has 2 heterocycles. The fourth-order valence-electron chi connectivity index (χ4n) is 2.05. The van der Waals surface area contributed by atoms with Gasteiger partial charge in [0.25, 0.3) is 0 Å². The van der Waals surface area contributed by atoms with Crippen molar-refractivity contribution in [1.82, 2.24) is 9.36 Å². The number of nitriles is 1. The Morgan fingerprint density at radius 3 is 2.85 bits per heavy atom. The van der Waals surface area contributed by atoms with Gasteiger partial charge in [-0.1, -0.05) is 18.2 Å². The topological polar surface area (TPSA) is 61.6 Å². The third kappa shape index (κ3) is 2.10. The van der Waals surface area contributed by atoms with Gasteiger partial charge in [0.15, 0.2) is 0 Å². The maximum atomic E-state index is 9.18. The molecular formula is C15H12N4S. The lowest BCUT2D eigenvalue weighted by atomic mass is 10.1. The van der Waals surface area contributed by atoms with Gasteiger partial charge in [-0.3, -0.25) is 4.98 Å². The van der Waals surface area contributed by atoms with Crippen LogP contribution in [0.1, 0.15) is 17.0 Å². The first kappa shape index (κ1) is 12.6. The van der Waals surface area contributed by atoms with Crippen LogP contribution < -0.4 is 5.32 Å². The fraction of sp³-hybridized carbons (Fsp3) is 0.133. The van der Waals surface area contributed by atoms with Gasteiger partial charge in [0.2, 0.25) is 0 Å². The second-order valence-corrected chi connectivity index (χ2v) is 5.31. The molecule has 5 heteroatoms. The van der Waals surface area contributed by atoms with Gasteiger partial charge in [-0.05, 0) is 37.5 Å². The van der Waals surface area contributed by atoms with Gasteiger partial charge >= 0.3 is 0 Å². The quantitative estimate of drug-likeness (QED) is 0.772. The van der Waals surface area contributed by atoms with E-state index in [4.69, 9.17) is 0 Å². The molecule has 0 aliphatic heterocycles. The highest BCUT2D eigenvalue weighted by Gasteiger charge is 2.11. The summed E-state index contributed by atoms with van der Waals surface area (Å²) < 4.78 is 4.22. The smallest absolute Gasteiger partial charge is 0.132 e. The second kappa shape index (κ2) is 4.91. The summed E-state index contributed by atoms with van der Waals surface area (Å²) in [7, 11) is 0. The van der Waals surface area contributed by atoms with E-state index in [2.05, 4.69) is 20.7 Å². The second-order valence-electron chi connectivity index (χ2n) is 4.54. The Balaban J connectivity index is 2.11. The predicted molar refractivity (Wildman–Crippen MR) is 81.3 cm³/mol. The molecular weight excluding hydrogens is 268 g/mol. The van der Waals surface area contributed by atoms with Crippen molar-refractivity contribution >= 4 is 33.1 Å². The zero-order chi connectivity index (χ0) is 14.1. The predicted octanol–water partition coefficient (Wildman–Crippen LogP) is 3.92. The number of anilines is 2. The van der Waals surface area contributed by atoms with Crippen molar-refractivity contribution < 1.29 is 0 Å². The molecule has 3 rings (SSSR count). The number of nitrogens with one attached hydrogen (secondary N) is 1. The van der Waals surface area contributed by atoms with Crippen molar-refractivity contribution in [2.45, 2.75) is 13.8 Å². The number of aryl methyl sites for hydroxylation is 2. The highest BCUT2D eigenvalue weighted by Crippen LogP contribution is 2.30. The highest BCUT2D eigenvalue weighted by molar-refractivity contribution is 7.10. The number of hydrogen-bond acceptors (Lipinski definition) is 5. The Hall–Kier alpha value is -2.45. The Bertz CT molecular complexity index is 829. The fourth-order valence-corrected chi connectivity index (χ4v) is 2.81. The number of para-hydroxylation sites is 1. The number of nitrogens with zero attached hydrogens (tertiary/aromatic N) is 3. The van der Waals surface area contributed by atoms with E-state index in [1.165, 1.54) is 11.5 Å². The molecule has 0 fully saturated rings. The lowest BCUT2D eigenvalue weighted by Crippen LogP contribution is -1.94. The van der Waals surface area contributed by atoms with E-state index in [9.17, 15) is 5.26 Å². The molecule has 98 valence electrons. The van der Waals surface area contributed by atoms with Crippen LogP contribution in [0.4, 0.5) is 10.7 Å². The summed E-state index contributed by atoms with van der Waals surface area (Å²) in [5.41, 5.74) is 4.12. The van der Waals surface area contributed by atoms with Gasteiger partial charge in [0.1, 0.15) is 16.6 Å². The molecule has 0 unspecified atom stereocenters. The summed E-state index contributed by atoms with van der Waals surface area (Å²) in [6, 6.07) is 12.2. The number of pyridine rings is 1. The van der Waals surface area contributed by atoms with E-state index in [-0.39, 0.29) is 0 Å². The van der Waals surface area contributed by atoms with E-state index in [0.29, 0.717) is 5.56 Å². The summed E-state index contributed by atoms with van der Waals surface area (Å²) in [4.78, 5) is 4.57. The first-order chi connectivity index (χ1) is 9.69. The monoisotopic (exact) mass is 280 g/mol. The SMILES string of the molecule is Cc1ccc2cccc(Nc3snc(C)c3C#N)c2n1. The summed E-state index contributed by atoms with van der Waals surface area (Å²) in [6.45, 7) is 3.81. The van der Waals surface area contributed by atoms with Crippen LogP contribution in [0.15, 0.2) is 30.3 Å². The minimum atomic E-state index is 0.597. The Labute approximate surface area is 120 Å². The van der Waals surface area contributed by atoms with Crippen molar-refractivity contribution in [2.24, 2.45) is 0 Å². The molecule has 4 nitrogen and oxygen atoms in total. The summed E-state index contributed by atoms with van der Waals surface area (Å²) >= 11 is 1.30. The molecule has 0 spiro atoms. The summed E-state index contributed by atoms with van der Waals surface area (Å²) in [5.74, 6) is 0. The summed E-state index contributed by atoms with van der Waals surface area (Å²) in [5, 5.41) is 14.3. The first-order valence-corrected chi connectivity index (χ1v) is 6.96. The largest absolute Gasteiger partial charge is 0.343 e. The van der Waals surface area contributed by atoms with Crippen molar-refractivity contribution in [3.05, 3.63) is 47.3 Å². The van der Waals surface area contributed by atoms with E-state index < -0.39 is 0 Å². The maximum absolute atomic E-state index is 9.18. The molecule has 0 radical (unpaired) electrons. The standard InChI is InChI=1S/C15H12N4S/c1-9-6-7-11-4-3-5-13(14(11)17-9)18-15-12(8-16)10(2)19-20-15/h3-7,18H,1-2H3. The molecule has 1 aromatic carbocycles. The van der Waals surface area contributed by atoms with Gasteiger partial charge in [0, 0.05) is 11.1 Å². The maximum Gasteiger partial charge on any atom is 0.132 e. The first-order valence-electron chi connectivity index (χ1n) is 6.19. The van der Waals surface area contributed by atoms with Crippen LogP contribution in [-0.4, -0.2) is 9.36 Å². The molecule has 0 saturated heterocycles. The number of benzene rings is 1. The average molecular weight is 280 g/mol. The molecule has 2 aromatic heterocycles. The third-order valence-corrected chi connectivity index (χ3v) is 3.94. The van der Waals surface area contributed by atoms with Gasteiger partial charge in [0.05, 0.1) is 16.9 Å². The molecule has 0 saturated carbocycles. The zero-order valence-corrected chi connectivity index (χ0v) is 12.0. The Morgan fingerprint density at radius 2 is 2.05 bits per heavy atom. The van der Waals surface area contributed by atoms with Crippen LogP contribution in [0, 0.1) is 25.2 Å². The molecule has 0 bridgehead atoms. The number of hydrogen-bond donors (Lipinski definition) is 1. The molecule has 1 N–H and O–H groups in total. The molecule has 20 heavy (non-hydrogen) atoms. The van der Waals surface area contributed by atoms with Crippen molar-refractivity contribution in [3.8, 4) is 6.07 Å². The molecule has 0 aliphatic carbocycles. The van der Waals surface area contributed by atoms with Crippen LogP contribution in [0.3, 0.4) is 0 Å². The molecule has 0 aliphatic rings. The lowest BCUT2D eigenvalue weighted by Gasteiger charge is -2.08. The Morgan fingerprint density at radius 1 is 1.20 bits per heavy atom.